The number of aromatic nitrogens is 2. The lowest BCUT2D eigenvalue weighted by atomic mass is 10.1. The van der Waals surface area contributed by atoms with Gasteiger partial charge >= 0.3 is 0 Å². The third-order valence-corrected chi connectivity index (χ3v) is 3.94. The molecule has 4 heteroatoms. The van der Waals surface area contributed by atoms with Crippen molar-refractivity contribution in [3.8, 4) is 17.0 Å². The maximum Gasteiger partial charge on any atom is 0.272 e. The van der Waals surface area contributed by atoms with Crippen molar-refractivity contribution >= 4 is 5.52 Å². The van der Waals surface area contributed by atoms with Gasteiger partial charge in [0.25, 0.3) is 5.56 Å². The molecule has 1 N–H and O–H groups in total. The Bertz CT molecular complexity index is 1010. The number of fused-ring (bicyclic) bond motifs is 1. The van der Waals surface area contributed by atoms with Crippen molar-refractivity contribution in [1.82, 2.24) is 9.38 Å². The number of benzene rings is 2. The zero-order valence-electron chi connectivity index (χ0n) is 13.0. The van der Waals surface area contributed by atoms with Crippen LogP contribution in [0.5, 0.6) is 5.75 Å². The van der Waals surface area contributed by atoms with Gasteiger partial charge in [0, 0.05) is 12.4 Å². The first-order valence-electron chi connectivity index (χ1n) is 7.77. The SMILES string of the molecule is O=c1[nH]c(-c2ccc(OCc3ccccc3)cc2)cn2cccc12. The molecule has 0 fully saturated rings. The molecule has 2 heterocycles. The first kappa shape index (κ1) is 14.3. The van der Waals surface area contributed by atoms with Gasteiger partial charge in [0.05, 0.1) is 5.69 Å². The quantitative estimate of drug-likeness (QED) is 0.621. The van der Waals surface area contributed by atoms with Crippen LogP contribution in [0.3, 0.4) is 0 Å². The zero-order valence-corrected chi connectivity index (χ0v) is 13.0. The van der Waals surface area contributed by atoms with Gasteiger partial charge in [0.15, 0.2) is 0 Å². The van der Waals surface area contributed by atoms with Crippen LogP contribution in [-0.4, -0.2) is 9.38 Å². The molecule has 0 saturated carbocycles. The van der Waals surface area contributed by atoms with E-state index in [-0.39, 0.29) is 5.56 Å². The first-order valence-corrected chi connectivity index (χ1v) is 7.77. The summed E-state index contributed by atoms with van der Waals surface area (Å²) in [6.45, 7) is 0.534. The van der Waals surface area contributed by atoms with E-state index in [1.165, 1.54) is 0 Å². The summed E-state index contributed by atoms with van der Waals surface area (Å²) in [6.07, 6.45) is 3.78. The largest absolute Gasteiger partial charge is 0.489 e. The predicted octanol–water partition coefficient (Wildman–Crippen LogP) is 3.87. The minimum Gasteiger partial charge on any atom is -0.489 e. The molecule has 4 nitrogen and oxygen atoms in total. The summed E-state index contributed by atoms with van der Waals surface area (Å²) in [5.41, 5.74) is 3.39. The van der Waals surface area contributed by atoms with Gasteiger partial charge in [-0.25, -0.2) is 0 Å². The van der Waals surface area contributed by atoms with Crippen LogP contribution in [0.2, 0.25) is 0 Å². The van der Waals surface area contributed by atoms with E-state index < -0.39 is 0 Å². The van der Waals surface area contributed by atoms with E-state index in [0.29, 0.717) is 12.1 Å². The Morgan fingerprint density at radius 2 is 1.71 bits per heavy atom. The van der Waals surface area contributed by atoms with Crippen LogP contribution >= 0.6 is 0 Å². The number of hydrogen-bond acceptors (Lipinski definition) is 2. The van der Waals surface area contributed by atoms with Gasteiger partial charge < -0.3 is 14.1 Å². The summed E-state index contributed by atoms with van der Waals surface area (Å²) in [4.78, 5) is 15.0. The van der Waals surface area contributed by atoms with E-state index >= 15 is 0 Å². The van der Waals surface area contributed by atoms with Crippen molar-refractivity contribution < 1.29 is 4.74 Å². The standard InChI is InChI=1S/C20H16N2O2/c23-20-19-7-4-12-22(19)13-18(21-20)16-8-10-17(11-9-16)24-14-15-5-2-1-3-6-15/h1-13H,14H2,(H,21,23). The summed E-state index contributed by atoms with van der Waals surface area (Å²) < 4.78 is 7.61. The molecule has 0 spiro atoms. The van der Waals surface area contributed by atoms with E-state index in [4.69, 9.17) is 4.74 Å². The molecule has 0 radical (unpaired) electrons. The molecular weight excluding hydrogens is 300 g/mol. The van der Waals surface area contributed by atoms with Crippen LogP contribution in [0.25, 0.3) is 16.8 Å². The van der Waals surface area contributed by atoms with Gasteiger partial charge in [-0.15, -0.1) is 0 Å². The van der Waals surface area contributed by atoms with Gasteiger partial charge in [-0.1, -0.05) is 30.3 Å². The maximum absolute atomic E-state index is 12.1. The minimum absolute atomic E-state index is 0.0955. The maximum atomic E-state index is 12.1. The minimum atomic E-state index is -0.0955. The number of nitrogens with one attached hydrogen (secondary N) is 1. The number of rotatable bonds is 4. The lowest BCUT2D eigenvalue weighted by Crippen LogP contribution is -2.09. The fourth-order valence-electron chi connectivity index (χ4n) is 2.67. The molecule has 0 unspecified atom stereocenters. The molecule has 24 heavy (non-hydrogen) atoms. The third kappa shape index (κ3) is 2.82. The Morgan fingerprint density at radius 3 is 2.50 bits per heavy atom. The molecule has 0 aliphatic carbocycles. The van der Waals surface area contributed by atoms with E-state index in [1.807, 2.05) is 77.5 Å². The van der Waals surface area contributed by atoms with E-state index in [9.17, 15) is 4.79 Å². The molecule has 0 saturated heterocycles. The van der Waals surface area contributed by atoms with Gasteiger partial charge in [0.1, 0.15) is 17.9 Å². The molecule has 2 aromatic carbocycles. The van der Waals surface area contributed by atoms with Crippen LogP contribution in [0, 0.1) is 0 Å². The summed E-state index contributed by atoms with van der Waals surface area (Å²) in [5, 5.41) is 0. The smallest absolute Gasteiger partial charge is 0.272 e. The van der Waals surface area contributed by atoms with Gasteiger partial charge in [-0.2, -0.15) is 0 Å². The predicted molar refractivity (Wildman–Crippen MR) is 94.2 cm³/mol. The average Bonchev–Trinajstić information content (AvgIpc) is 3.10. The normalized spacial score (nSPS) is 10.8. The van der Waals surface area contributed by atoms with Crippen molar-refractivity contribution in [1.29, 1.82) is 0 Å². The second kappa shape index (κ2) is 6.08. The lowest BCUT2D eigenvalue weighted by Gasteiger charge is -2.08. The van der Waals surface area contributed by atoms with Crippen molar-refractivity contribution in [2.45, 2.75) is 6.61 Å². The van der Waals surface area contributed by atoms with Gasteiger partial charge in [-0.3, -0.25) is 4.79 Å². The zero-order chi connectivity index (χ0) is 16.4. The fourth-order valence-corrected chi connectivity index (χ4v) is 2.67. The second-order valence-electron chi connectivity index (χ2n) is 5.60. The molecule has 118 valence electrons. The summed E-state index contributed by atoms with van der Waals surface area (Å²) in [5.74, 6) is 0.798. The van der Waals surface area contributed by atoms with Crippen LogP contribution in [0.1, 0.15) is 5.56 Å². The topological polar surface area (TPSA) is 46.5 Å². The highest BCUT2D eigenvalue weighted by Gasteiger charge is 2.04. The highest BCUT2D eigenvalue weighted by molar-refractivity contribution is 5.61. The van der Waals surface area contributed by atoms with Crippen molar-refractivity contribution in [2.24, 2.45) is 0 Å². The highest BCUT2D eigenvalue weighted by atomic mass is 16.5. The lowest BCUT2D eigenvalue weighted by molar-refractivity contribution is 0.306. The number of aromatic amines is 1. The summed E-state index contributed by atoms with van der Waals surface area (Å²) in [6, 6.07) is 21.4. The average molecular weight is 316 g/mol. The van der Waals surface area contributed by atoms with Crippen LogP contribution < -0.4 is 10.3 Å². The molecule has 4 rings (SSSR count). The van der Waals surface area contributed by atoms with Crippen LogP contribution in [0.15, 0.2) is 83.9 Å². The number of H-pyrrole nitrogens is 1. The number of ether oxygens (including phenoxy) is 1. The molecule has 0 bridgehead atoms. The number of hydrogen-bond donors (Lipinski definition) is 1. The number of nitrogens with zero attached hydrogens (tertiary/aromatic N) is 1. The second-order valence-corrected chi connectivity index (χ2v) is 5.60. The van der Waals surface area contributed by atoms with Crippen LogP contribution in [-0.2, 0) is 6.61 Å². The van der Waals surface area contributed by atoms with Crippen molar-refractivity contribution in [3.05, 3.63) is 95.0 Å². The molecule has 0 aliphatic heterocycles. The molecule has 0 amide bonds. The highest BCUT2D eigenvalue weighted by Crippen LogP contribution is 2.21. The fraction of sp³-hybridized carbons (Fsp3) is 0.0500. The Labute approximate surface area is 139 Å². The van der Waals surface area contributed by atoms with Crippen molar-refractivity contribution in [3.63, 3.8) is 0 Å². The van der Waals surface area contributed by atoms with Crippen LogP contribution in [0.4, 0.5) is 0 Å². The first-order chi connectivity index (χ1) is 11.8. The van der Waals surface area contributed by atoms with Gasteiger partial charge in [0.2, 0.25) is 0 Å². The Kier molecular flexibility index (Phi) is 3.63. The summed E-state index contributed by atoms with van der Waals surface area (Å²) >= 11 is 0. The third-order valence-electron chi connectivity index (χ3n) is 3.94. The Hall–Kier alpha value is -3.27. The molecule has 0 atom stereocenters. The monoisotopic (exact) mass is 316 g/mol. The molecule has 2 aromatic heterocycles. The van der Waals surface area contributed by atoms with Gasteiger partial charge in [-0.05, 0) is 47.5 Å². The Balaban J connectivity index is 1.55. The summed E-state index contributed by atoms with van der Waals surface area (Å²) in [7, 11) is 0. The van der Waals surface area contributed by atoms with Crippen molar-refractivity contribution in [2.75, 3.05) is 0 Å². The molecule has 4 aromatic rings. The molecule has 0 aliphatic rings. The van der Waals surface area contributed by atoms with E-state index in [2.05, 4.69) is 4.98 Å². The molecular formula is C20H16N2O2. The van der Waals surface area contributed by atoms with E-state index in [0.717, 1.165) is 22.6 Å². The van der Waals surface area contributed by atoms with E-state index in [1.54, 1.807) is 6.07 Å². The Morgan fingerprint density at radius 1 is 0.917 bits per heavy atom.